The van der Waals surface area contributed by atoms with Gasteiger partial charge in [-0.05, 0) is 31.9 Å². The molecule has 0 saturated carbocycles. The molecule has 0 spiro atoms. The monoisotopic (exact) mass is 220 g/mol. The molecule has 0 aliphatic carbocycles. The van der Waals surface area contributed by atoms with Crippen LogP contribution >= 0.6 is 0 Å². The van der Waals surface area contributed by atoms with Gasteiger partial charge in [0.05, 0.1) is 12.2 Å². The Morgan fingerprint density at radius 2 is 2.00 bits per heavy atom. The average molecular weight is 220 g/mol. The minimum atomic E-state index is -0.350. The van der Waals surface area contributed by atoms with Crippen molar-refractivity contribution in [3.05, 3.63) is 34.9 Å². The molecule has 0 heterocycles. The number of ether oxygens (including phenoxy) is 1. The fourth-order valence-corrected chi connectivity index (χ4v) is 1.64. The van der Waals surface area contributed by atoms with Crippen molar-refractivity contribution < 1.29 is 14.3 Å². The van der Waals surface area contributed by atoms with Crippen molar-refractivity contribution in [2.45, 2.75) is 27.2 Å². The molecule has 0 bridgehead atoms. The van der Waals surface area contributed by atoms with Gasteiger partial charge in [-0.25, -0.2) is 4.79 Å². The maximum atomic E-state index is 11.7. The summed E-state index contributed by atoms with van der Waals surface area (Å²) in [6, 6.07) is 5.48. The molecule has 1 rings (SSSR count). The van der Waals surface area contributed by atoms with Crippen LogP contribution in [0.4, 0.5) is 0 Å². The van der Waals surface area contributed by atoms with E-state index in [0.29, 0.717) is 12.2 Å². The standard InChI is InChI=1S/C13H16O3/c1-4-16-13(15)12-9(2)6-5-7-11(12)8-10(3)14/h5-7H,4,8H2,1-3H3. The number of ketones is 1. The highest BCUT2D eigenvalue weighted by molar-refractivity contribution is 5.94. The average Bonchev–Trinajstić information content (AvgIpc) is 2.16. The van der Waals surface area contributed by atoms with Gasteiger partial charge in [0.15, 0.2) is 0 Å². The zero-order chi connectivity index (χ0) is 12.1. The normalized spacial score (nSPS) is 9.94. The second kappa shape index (κ2) is 5.45. The van der Waals surface area contributed by atoms with Crippen LogP contribution in [0.1, 0.15) is 35.3 Å². The van der Waals surface area contributed by atoms with E-state index in [4.69, 9.17) is 4.74 Å². The molecule has 3 nitrogen and oxygen atoms in total. The van der Waals surface area contributed by atoms with Crippen molar-refractivity contribution in [3.63, 3.8) is 0 Å². The third kappa shape index (κ3) is 2.92. The van der Waals surface area contributed by atoms with Crippen molar-refractivity contribution in [2.75, 3.05) is 6.61 Å². The van der Waals surface area contributed by atoms with Crippen LogP contribution in [-0.4, -0.2) is 18.4 Å². The summed E-state index contributed by atoms with van der Waals surface area (Å²) in [5, 5.41) is 0. The number of Topliss-reactive ketones (excluding diaryl/α,β-unsaturated/α-hetero) is 1. The number of esters is 1. The number of aryl methyl sites for hydroxylation is 1. The zero-order valence-electron chi connectivity index (χ0n) is 9.87. The van der Waals surface area contributed by atoms with E-state index in [1.807, 2.05) is 19.1 Å². The molecule has 0 saturated heterocycles. The van der Waals surface area contributed by atoms with Crippen LogP contribution in [0, 0.1) is 6.92 Å². The molecule has 3 heteroatoms. The maximum absolute atomic E-state index is 11.7. The van der Waals surface area contributed by atoms with E-state index in [9.17, 15) is 9.59 Å². The SMILES string of the molecule is CCOC(=O)c1c(C)cccc1CC(C)=O. The molecule has 0 aliphatic heterocycles. The number of hydrogen-bond acceptors (Lipinski definition) is 3. The minimum absolute atomic E-state index is 0.0381. The summed E-state index contributed by atoms with van der Waals surface area (Å²) in [4.78, 5) is 22.8. The minimum Gasteiger partial charge on any atom is -0.462 e. The number of rotatable bonds is 4. The number of hydrogen-bond donors (Lipinski definition) is 0. The molecule has 0 aliphatic rings. The van der Waals surface area contributed by atoms with Gasteiger partial charge in [-0.1, -0.05) is 18.2 Å². The lowest BCUT2D eigenvalue weighted by Crippen LogP contribution is -2.12. The largest absolute Gasteiger partial charge is 0.462 e. The van der Waals surface area contributed by atoms with Crippen LogP contribution in [-0.2, 0) is 16.0 Å². The predicted octanol–water partition coefficient (Wildman–Crippen LogP) is 2.30. The van der Waals surface area contributed by atoms with E-state index < -0.39 is 0 Å². The third-order valence-electron chi connectivity index (χ3n) is 2.28. The fourth-order valence-electron chi connectivity index (χ4n) is 1.64. The zero-order valence-corrected chi connectivity index (χ0v) is 9.87. The van der Waals surface area contributed by atoms with Gasteiger partial charge in [0.25, 0.3) is 0 Å². The Balaban J connectivity index is 3.12. The molecule has 0 N–H and O–H groups in total. The molecule has 0 radical (unpaired) electrons. The Labute approximate surface area is 95.4 Å². The first-order valence-corrected chi connectivity index (χ1v) is 5.31. The topological polar surface area (TPSA) is 43.4 Å². The lowest BCUT2D eigenvalue weighted by atomic mass is 9.98. The van der Waals surface area contributed by atoms with Gasteiger partial charge in [-0.3, -0.25) is 4.79 Å². The summed E-state index contributed by atoms with van der Waals surface area (Å²) in [5.74, 6) is -0.312. The first kappa shape index (κ1) is 12.4. The Kier molecular flexibility index (Phi) is 4.23. The van der Waals surface area contributed by atoms with Crippen LogP contribution in [0.25, 0.3) is 0 Å². The highest BCUT2D eigenvalue weighted by Gasteiger charge is 2.15. The lowest BCUT2D eigenvalue weighted by Gasteiger charge is -2.10. The van der Waals surface area contributed by atoms with Crippen LogP contribution in [0.15, 0.2) is 18.2 Å². The van der Waals surface area contributed by atoms with E-state index in [1.54, 1.807) is 13.0 Å². The van der Waals surface area contributed by atoms with Gasteiger partial charge in [-0.2, -0.15) is 0 Å². The van der Waals surface area contributed by atoms with Crippen molar-refractivity contribution in [3.8, 4) is 0 Å². The summed E-state index contributed by atoms with van der Waals surface area (Å²) < 4.78 is 4.98. The van der Waals surface area contributed by atoms with Crippen molar-refractivity contribution in [1.82, 2.24) is 0 Å². The fraction of sp³-hybridized carbons (Fsp3) is 0.385. The quantitative estimate of drug-likeness (QED) is 0.731. The summed E-state index contributed by atoms with van der Waals surface area (Å²) >= 11 is 0. The first-order chi connectivity index (χ1) is 7.56. The van der Waals surface area contributed by atoms with Crippen molar-refractivity contribution >= 4 is 11.8 Å². The second-order valence-corrected chi connectivity index (χ2v) is 3.71. The van der Waals surface area contributed by atoms with E-state index in [1.165, 1.54) is 6.92 Å². The van der Waals surface area contributed by atoms with Crippen LogP contribution in [0.5, 0.6) is 0 Å². The Hall–Kier alpha value is -1.64. The molecule has 1 aromatic carbocycles. The molecule has 0 atom stereocenters. The summed E-state index contributed by atoms with van der Waals surface area (Å²) in [6.45, 7) is 5.46. The highest BCUT2D eigenvalue weighted by atomic mass is 16.5. The molecular weight excluding hydrogens is 204 g/mol. The predicted molar refractivity (Wildman–Crippen MR) is 61.5 cm³/mol. The van der Waals surface area contributed by atoms with Gasteiger partial charge >= 0.3 is 5.97 Å². The van der Waals surface area contributed by atoms with E-state index in [-0.39, 0.29) is 18.2 Å². The molecule has 0 unspecified atom stereocenters. The molecule has 1 aromatic rings. The number of carbonyl (C=O) groups excluding carboxylic acids is 2. The number of carbonyl (C=O) groups is 2. The number of benzene rings is 1. The van der Waals surface area contributed by atoms with Crippen LogP contribution in [0.2, 0.25) is 0 Å². The summed E-state index contributed by atoms with van der Waals surface area (Å²) in [5.41, 5.74) is 2.11. The van der Waals surface area contributed by atoms with Crippen molar-refractivity contribution in [1.29, 1.82) is 0 Å². The van der Waals surface area contributed by atoms with Gasteiger partial charge < -0.3 is 4.74 Å². The van der Waals surface area contributed by atoms with Crippen LogP contribution < -0.4 is 0 Å². The van der Waals surface area contributed by atoms with Gasteiger partial charge in [0, 0.05) is 6.42 Å². The van der Waals surface area contributed by atoms with Crippen LogP contribution in [0.3, 0.4) is 0 Å². The molecule has 16 heavy (non-hydrogen) atoms. The molecule has 0 fully saturated rings. The summed E-state index contributed by atoms with van der Waals surface area (Å²) in [6.07, 6.45) is 0.274. The molecule has 0 aromatic heterocycles. The van der Waals surface area contributed by atoms with Gasteiger partial charge in [0.1, 0.15) is 5.78 Å². The second-order valence-electron chi connectivity index (χ2n) is 3.71. The molecular formula is C13H16O3. The highest BCUT2D eigenvalue weighted by Crippen LogP contribution is 2.16. The van der Waals surface area contributed by atoms with E-state index >= 15 is 0 Å². The maximum Gasteiger partial charge on any atom is 0.338 e. The van der Waals surface area contributed by atoms with Gasteiger partial charge in [0.2, 0.25) is 0 Å². The Morgan fingerprint density at radius 3 is 2.56 bits per heavy atom. The smallest absolute Gasteiger partial charge is 0.338 e. The van der Waals surface area contributed by atoms with E-state index in [0.717, 1.165) is 11.1 Å². The molecule has 0 amide bonds. The molecule has 86 valence electrons. The third-order valence-corrected chi connectivity index (χ3v) is 2.28. The van der Waals surface area contributed by atoms with Crippen molar-refractivity contribution in [2.24, 2.45) is 0 Å². The Bertz CT molecular complexity index is 408. The van der Waals surface area contributed by atoms with E-state index in [2.05, 4.69) is 0 Å². The van der Waals surface area contributed by atoms with Gasteiger partial charge in [-0.15, -0.1) is 0 Å². The summed E-state index contributed by atoms with van der Waals surface area (Å²) in [7, 11) is 0. The first-order valence-electron chi connectivity index (χ1n) is 5.31. The lowest BCUT2D eigenvalue weighted by molar-refractivity contribution is -0.116. The Morgan fingerprint density at radius 1 is 1.31 bits per heavy atom.